The third-order valence-corrected chi connectivity index (χ3v) is 6.53. The molecule has 2 aliphatic rings. The molecule has 1 heterocycles. The molecule has 2 N–H and O–H groups in total. The molecule has 0 fully saturated rings. The minimum atomic E-state index is -0.544. The lowest BCUT2D eigenvalue weighted by atomic mass is 9.73. The quantitative estimate of drug-likeness (QED) is 0.423. The Balaban J connectivity index is 1.83. The van der Waals surface area contributed by atoms with Crippen molar-refractivity contribution in [1.82, 2.24) is 0 Å². The van der Waals surface area contributed by atoms with Crippen LogP contribution in [0.1, 0.15) is 36.3 Å². The molecule has 3 aromatic carbocycles. The van der Waals surface area contributed by atoms with E-state index < -0.39 is 5.92 Å². The summed E-state index contributed by atoms with van der Waals surface area (Å²) in [7, 11) is 0. The van der Waals surface area contributed by atoms with Gasteiger partial charge in [-0.15, -0.1) is 0 Å². The van der Waals surface area contributed by atoms with Gasteiger partial charge in [0.1, 0.15) is 11.6 Å². The van der Waals surface area contributed by atoms with E-state index in [1.54, 1.807) is 12.1 Å². The van der Waals surface area contributed by atoms with Crippen LogP contribution in [-0.2, 0) is 4.79 Å². The molecule has 0 amide bonds. The number of allylic oxidation sites excluding steroid dienone is 2. The monoisotopic (exact) mass is 454 g/mol. The summed E-state index contributed by atoms with van der Waals surface area (Å²) < 4.78 is 0. The highest BCUT2D eigenvalue weighted by atomic mass is 35.5. The van der Waals surface area contributed by atoms with Crippen LogP contribution in [-0.4, -0.2) is 16.7 Å². The lowest BCUT2D eigenvalue weighted by Crippen LogP contribution is -2.42. The van der Waals surface area contributed by atoms with Crippen molar-refractivity contribution >= 4 is 34.7 Å². The number of halogens is 1. The Hall–Kier alpha value is -3.63. The molecule has 1 atom stereocenters. The minimum absolute atomic E-state index is 0.00593. The second kappa shape index (κ2) is 8.72. The van der Waals surface area contributed by atoms with Crippen LogP contribution in [0.25, 0.3) is 5.76 Å². The smallest absolute Gasteiger partial charge is 0.161 e. The van der Waals surface area contributed by atoms with E-state index in [9.17, 15) is 15.3 Å². The number of aliphatic hydroxyl groups is 1. The lowest BCUT2D eigenvalue weighted by molar-refractivity contribution is -0.116. The average molecular weight is 455 g/mol. The number of rotatable bonds is 3. The summed E-state index contributed by atoms with van der Waals surface area (Å²) in [6, 6.07) is 26.1. The van der Waals surface area contributed by atoms with E-state index in [2.05, 4.69) is 0 Å². The number of carbonyl (C=O) groups excluding carboxylic acids is 1. The second-order valence-electron chi connectivity index (χ2n) is 8.27. The van der Waals surface area contributed by atoms with Gasteiger partial charge in [0.15, 0.2) is 5.78 Å². The molecule has 3 aromatic rings. The molecule has 0 radical (unpaired) electrons. The van der Waals surface area contributed by atoms with Crippen LogP contribution in [0.2, 0.25) is 5.02 Å². The highest BCUT2D eigenvalue weighted by Crippen LogP contribution is 2.47. The number of amidine groups is 1. The van der Waals surface area contributed by atoms with E-state index in [1.807, 2.05) is 77.7 Å². The molecule has 1 unspecified atom stereocenters. The summed E-state index contributed by atoms with van der Waals surface area (Å²) in [6.07, 6.45) is 1.89. The van der Waals surface area contributed by atoms with Crippen molar-refractivity contribution in [2.45, 2.75) is 25.2 Å². The predicted octanol–water partition coefficient (Wildman–Crippen LogP) is 6.90. The molecule has 1 aliphatic carbocycles. The molecular weight excluding hydrogens is 432 g/mol. The van der Waals surface area contributed by atoms with Gasteiger partial charge in [0.25, 0.3) is 0 Å². The predicted molar refractivity (Wildman–Crippen MR) is 133 cm³/mol. The molecule has 0 aromatic heterocycles. The van der Waals surface area contributed by atoms with E-state index in [0.29, 0.717) is 34.6 Å². The summed E-state index contributed by atoms with van der Waals surface area (Å²) in [5.41, 5.74) is 4.15. The molecule has 0 spiro atoms. The van der Waals surface area contributed by atoms with E-state index in [-0.39, 0.29) is 17.4 Å². The van der Waals surface area contributed by atoms with Gasteiger partial charge in [0, 0.05) is 45.5 Å². The molecule has 33 heavy (non-hydrogen) atoms. The SMILES string of the molecule is N=C1C(=C(O)c2ccccc2)C(c2ccc(Cl)cc2)C2=C(CCCC2=O)N1c1ccccc1. The highest BCUT2D eigenvalue weighted by Gasteiger charge is 2.43. The third kappa shape index (κ3) is 3.77. The first-order chi connectivity index (χ1) is 16.1. The van der Waals surface area contributed by atoms with Crippen molar-refractivity contribution in [3.8, 4) is 0 Å². The summed E-state index contributed by atoms with van der Waals surface area (Å²) >= 11 is 6.15. The minimum Gasteiger partial charge on any atom is -0.507 e. The third-order valence-electron chi connectivity index (χ3n) is 6.27. The molecule has 0 saturated heterocycles. The maximum Gasteiger partial charge on any atom is 0.161 e. The van der Waals surface area contributed by atoms with Gasteiger partial charge in [0.2, 0.25) is 0 Å². The first-order valence-corrected chi connectivity index (χ1v) is 11.4. The zero-order valence-electron chi connectivity index (χ0n) is 18.0. The number of ketones is 1. The number of nitrogens with one attached hydrogen (secondary N) is 1. The molecule has 0 saturated carbocycles. The number of aliphatic hydroxyl groups excluding tert-OH is 1. The molecule has 5 rings (SSSR count). The maximum atomic E-state index is 13.4. The van der Waals surface area contributed by atoms with Gasteiger partial charge in [-0.05, 0) is 42.7 Å². The Kier molecular flexibility index (Phi) is 5.61. The normalized spacial score (nSPS) is 20.0. The Morgan fingerprint density at radius 1 is 0.909 bits per heavy atom. The van der Waals surface area contributed by atoms with Crippen LogP contribution < -0.4 is 4.90 Å². The zero-order chi connectivity index (χ0) is 22.9. The first-order valence-electron chi connectivity index (χ1n) is 11.0. The highest BCUT2D eigenvalue weighted by molar-refractivity contribution is 6.30. The summed E-state index contributed by atoms with van der Waals surface area (Å²) in [6.45, 7) is 0. The van der Waals surface area contributed by atoms with Crippen molar-refractivity contribution < 1.29 is 9.90 Å². The van der Waals surface area contributed by atoms with Gasteiger partial charge in [-0.3, -0.25) is 15.1 Å². The fraction of sp³-hybridized carbons (Fsp3) is 0.143. The fourth-order valence-electron chi connectivity index (χ4n) is 4.79. The summed E-state index contributed by atoms with van der Waals surface area (Å²) in [5, 5.41) is 21.4. The van der Waals surface area contributed by atoms with Crippen LogP contribution in [0, 0.1) is 5.41 Å². The second-order valence-corrected chi connectivity index (χ2v) is 8.71. The molecule has 1 aliphatic heterocycles. The largest absolute Gasteiger partial charge is 0.507 e. The van der Waals surface area contributed by atoms with Crippen molar-refractivity contribution in [3.63, 3.8) is 0 Å². The van der Waals surface area contributed by atoms with Crippen molar-refractivity contribution in [2.24, 2.45) is 0 Å². The lowest BCUT2D eigenvalue weighted by Gasteiger charge is -2.41. The van der Waals surface area contributed by atoms with E-state index in [0.717, 1.165) is 23.4 Å². The molecule has 5 heteroatoms. The van der Waals surface area contributed by atoms with Crippen LogP contribution in [0.5, 0.6) is 0 Å². The number of benzene rings is 3. The molecule has 0 bridgehead atoms. The number of Topliss-reactive ketones (excluding diaryl/α,β-unsaturated/α-hetero) is 1. The Morgan fingerprint density at radius 3 is 2.21 bits per heavy atom. The van der Waals surface area contributed by atoms with E-state index >= 15 is 0 Å². The van der Waals surface area contributed by atoms with Crippen LogP contribution in [0.4, 0.5) is 5.69 Å². The summed E-state index contributed by atoms with van der Waals surface area (Å²) in [5.74, 6) is -0.303. The van der Waals surface area contributed by atoms with Gasteiger partial charge >= 0.3 is 0 Å². The average Bonchev–Trinajstić information content (AvgIpc) is 2.85. The number of nitrogens with zero attached hydrogens (tertiary/aromatic N) is 1. The van der Waals surface area contributed by atoms with Crippen molar-refractivity contribution in [2.75, 3.05) is 4.90 Å². The number of hydrogen-bond donors (Lipinski definition) is 2. The van der Waals surface area contributed by atoms with Gasteiger partial charge in [-0.1, -0.05) is 72.3 Å². The van der Waals surface area contributed by atoms with Crippen LogP contribution >= 0.6 is 11.6 Å². The Bertz CT molecular complexity index is 1280. The molecular formula is C28H23ClN2O2. The summed E-state index contributed by atoms with van der Waals surface area (Å²) in [4.78, 5) is 15.2. The van der Waals surface area contributed by atoms with E-state index in [4.69, 9.17) is 11.6 Å². The topological polar surface area (TPSA) is 64.4 Å². The molecule has 4 nitrogen and oxygen atoms in total. The van der Waals surface area contributed by atoms with Crippen molar-refractivity contribution in [3.05, 3.63) is 118 Å². The van der Waals surface area contributed by atoms with Gasteiger partial charge in [-0.2, -0.15) is 0 Å². The van der Waals surface area contributed by atoms with Gasteiger partial charge < -0.3 is 5.11 Å². The van der Waals surface area contributed by atoms with Gasteiger partial charge in [0.05, 0.1) is 0 Å². The zero-order valence-corrected chi connectivity index (χ0v) is 18.7. The first kappa shape index (κ1) is 21.2. The number of carbonyl (C=O) groups is 1. The molecule has 164 valence electrons. The fourth-order valence-corrected chi connectivity index (χ4v) is 4.92. The number of para-hydroxylation sites is 1. The van der Waals surface area contributed by atoms with E-state index in [1.165, 1.54) is 0 Å². The number of hydrogen-bond acceptors (Lipinski definition) is 3. The maximum absolute atomic E-state index is 13.4. The van der Waals surface area contributed by atoms with Crippen LogP contribution in [0.3, 0.4) is 0 Å². The van der Waals surface area contributed by atoms with Crippen LogP contribution in [0.15, 0.2) is 102 Å². The number of anilines is 1. The Morgan fingerprint density at radius 2 is 1.55 bits per heavy atom. The van der Waals surface area contributed by atoms with Gasteiger partial charge in [-0.25, -0.2) is 0 Å². The van der Waals surface area contributed by atoms with Crippen molar-refractivity contribution in [1.29, 1.82) is 5.41 Å². The Labute approximate surface area is 198 Å². The standard InChI is InChI=1S/C28H23ClN2O2/c29-20-16-14-18(15-17-20)24-25-22(12-7-13-23(25)32)31(21-10-5-2-6-11-21)28(30)26(24)27(33)19-8-3-1-4-9-19/h1-6,8-11,14-17,24,30,33H,7,12-13H2.